The second-order valence-corrected chi connectivity index (χ2v) is 11.7. The highest BCUT2D eigenvalue weighted by Crippen LogP contribution is 2.33. The monoisotopic (exact) mass is 585 g/mol. The molecule has 0 radical (unpaired) electrons. The van der Waals surface area contributed by atoms with Crippen LogP contribution in [0.25, 0.3) is 0 Å². The van der Waals surface area contributed by atoms with Crippen molar-refractivity contribution in [3.05, 3.63) is 89.4 Å². The van der Waals surface area contributed by atoms with Crippen LogP contribution in [0.3, 0.4) is 0 Å². The van der Waals surface area contributed by atoms with Crippen molar-refractivity contribution < 1.29 is 22.7 Å². The molecule has 2 unspecified atom stereocenters. The van der Waals surface area contributed by atoms with Crippen LogP contribution in [0.15, 0.2) is 83.8 Å². The molecule has 8 nitrogen and oxygen atoms in total. The fourth-order valence-corrected chi connectivity index (χ4v) is 5.71. The molecule has 0 bridgehead atoms. The Morgan fingerprint density at radius 1 is 0.950 bits per heavy atom. The lowest BCUT2D eigenvalue weighted by atomic mass is 10.1. The highest BCUT2D eigenvalue weighted by Gasteiger charge is 2.34. The van der Waals surface area contributed by atoms with Gasteiger partial charge in [0, 0.05) is 17.6 Å². The quantitative estimate of drug-likeness (QED) is 0.295. The van der Waals surface area contributed by atoms with Gasteiger partial charge in [-0.15, -0.1) is 0 Å². The summed E-state index contributed by atoms with van der Waals surface area (Å²) in [5, 5.41) is 3.40. The van der Waals surface area contributed by atoms with E-state index in [9.17, 15) is 18.0 Å². The molecule has 0 aliphatic carbocycles. The van der Waals surface area contributed by atoms with Crippen LogP contribution in [-0.4, -0.2) is 50.4 Å². The van der Waals surface area contributed by atoms with Crippen molar-refractivity contribution in [2.75, 3.05) is 17.5 Å². The van der Waals surface area contributed by atoms with Crippen LogP contribution in [0.2, 0.25) is 5.02 Å². The molecular formula is C30H36ClN3O5S. The molecule has 40 heavy (non-hydrogen) atoms. The third-order valence-electron chi connectivity index (χ3n) is 6.45. The summed E-state index contributed by atoms with van der Waals surface area (Å²) in [6, 6.07) is 20.6. The minimum atomic E-state index is -4.19. The lowest BCUT2D eigenvalue weighted by Crippen LogP contribution is -2.52. The molecule has 0 spiro atoms. The van der Waals surface area contributed by atoms with Gasteiger partial charge in [-0.3, -0.25) is 13.9 Å². The van der Waals surface area contributed by atoms with E-state index in [4.69, 9.17) is 16.3 Å². The normalized spacial score (nSPS) is 12.7. The Bertz CT molecular complexity index is 1400. The minimum absolute atomic E-state index is 0.0260. The summed E-state index contributed by atoms with van der Waals surface area (Å²) in [6.07, 6.45) is 0.720. The molecule has 3 aromatic carbocycles. The Balaban J connectivity index is 2.06. The fourth-order valence-electron chi connectivity index (χ4n) is 4.05. The number of hydrogen-bond donors (Lipinski definition) is 1. The van der Waals surface area contributed by atoms with Crippen LogP contribution >= 0.6 is 11.6 Å². The topological polar surface area (TPSA) is 96.0 Å². The predicted molar refractivity (Wildman–Crippen MR) is 158 cm³/mol. The second kappa shape index (κ2) is 14.2. The first-order valence-corrected chi connectivity index (χ1v) is 15.0. The van der Waals surface area contributed by atoms with Gasteiger partial charge in [-0.2, -0.15) is 0 Å². The molecule has 214 valence electrons. The summed E-state index contributed by atoms with van der Waals surface area (Å²) < 4.78 is 34.7. The molecule has 10 heteroatoms. The van der Waals surface area contributed by atoms with Gasteiger partial charge >= 0.3 is 0 Å². The molecule has 0 heterocycles. The summed E-state index contributed by atoms with van der Waals surface area (Å²) in [6.45, 7) is 7.06. The summed E-state index contributed by atoms with van der Waals surface area (Å²) in [7, 11) is -4.19. The first-order valence-electron chi connectivity index (χ1n) is 13.2. The van der Waals surface area contributed by atoms with Gasteiger partial charge in [0.05, 0.1) is 17.2 Å². The van der Waals surface area contributed by atoms with Gasteiger partial charge in [-0.1, -0.05) is 61.0 Å². The number of benzene rings is 3. The van der Waals surface area contributed by atoms with E-state index in [2.05, 4.69) is 5.32 Å². The molecule has 0 aliphatic heterocycles. The summed E-state index contributed by atoms with van der Waals surface area (Å²) in [5.74, 6) is -0.573. The summed E-state index contributed by atoms with van der Waals surface area (Å²) >= 11 is 6.19. The molecule has 0 saturated heterocycles. The molecule has 1 N–H and O–H groups in total. The van der Waals surface area contributed by atoms with Crippen molar-refractivity contribution in [3.8, 4) is 5.75 Å². The average molecular weight is 586 g/mol. The number of rotatable bonds is 13. The Hall–Kier alpha value is -3.56. The second-order valence-electron chi connectivity index (χ2n) is 9.37. The lowest BCUT2D eigenvalue weighted by Gasteiger charge is -2.33. The van der Waals surface area contributed by atoms with E-state index in [0.29, 0.717) is 22.9 Å². The molecule has 0 saturated carbocycles. The van der Waals surface area contributed by atoms with Crippen molar-refractivity contribution in [2.45, 2.75) is 57.6 Å². The number of sulfonamides is 1. The fraction of sp³-hybridized carbons (Fsp3) is 0.333. The van der Waals surface area contributed by atoms with Gasteiger partial charge in [-0.25, -0.2) is 8.42 Å². The van der Waals surface area contributed by atoms with Crippen LogP contribution in [0, 0.1) is 0 Å². The standard InChI is InChI=1S/C30H36ClN3O5S/c1-5-22(3)32-30(36)23(4)33(20-24-13-12-14-25(31)19-24)29(35)21-34(27-17-10-11-18-28(27)39-6-2)40(37,38)26-15-8-7-9-16-26/h7-19,22-23H,5-6,20-21H2,1-4H3,(H,32,36). The van der Waals surface area contributed by atoms with Crippen molar-refractivity contribution in [3.63, 3.8) is 0 Å². The Morgan fingerprint density at radius 3 is 2.27 bits per heavy atom. The van der Waals surface area contributed by atoms with Crippen molar-refractivity contribution in [1.29, 1.82) is 0 Å². The number of hydrogen-bond acceptors (Lipinski definition) is 5. The summed E-state index contributed by atoms with van der Waals surface area (Å²) in [4.78, 5) is 28.6. The number of ether oxygens (including phenoxy) is 1. The zero-order valence-electron chi connectivity index (χ0n) is 23.2. The van der Waals surface area contributed by atoms with Gasteiger partial charge in [0.25, 0.3) is 10.0 Å². The number of amides is 2. The van der Waals surface area contributed by atoms with Crippen molar-refractivity contribution >= 4 is 39.1 Å². The lowest BCUT2D eigenvalue weighted by molar-refractivity contribution is -0.139. The maximum absolute atomic E-state index is 14.0. The smallest absolute Gasteiger partial charge is 0.264 e. The summed E-state index contributed by atoms with van der Waals surface area (Å²) in [5.41, 5.74) is 0.928. The molecular weight excluding hydrogens is 550 g/mol. The maximum Gasteiger partial charge on any atom is 0.264 e. The number of carbonyl (C=O) groups is 2. The van der Waals surface area contributed by atoms with Gasteiger partial charge < -0.3 is 15.0 Å². The number of halogens is 1. The molecule has 2 amide bonds. The number of nitrogens with one attached hydrogen (secondary N) is 1. The molecule has 0 aromatic heterocycles. The Kier molecular flexibility index (Phi) is 11.0. The maximum atomic E-state index is 14.0. The molecule has 3 aromatic rings. The highest BCUT2D eigenvalue weighted by atomic mass is 35.5. The molecule has 2 atom stereocenters. The van der Waals surface area contributed by atoms with Gasteiger partial charge in [-0.05, 0) is 69.2 Å². The van der Waals surface area contributed by atoms with E-state index < -0.39 is 28.5 Å². The minimum Gasteiger partial charge on any atom is -0.492 e. The van der Waals surface area contributed by atoms with Gasteiger partial charge in [0.1, 0.15) is 18.3 Å². The molecule has 0 aliphatic rings. The van der Waals surface area contributed by atoms with E-state index >= 15 is 0 Å². The van der Waals surface area contributed by atoms with E-state index in [1.165, 1.54) is 17.0 Å². The van der Waals surface area contributed by atoms with Gasteiger partial charge in [0.2, 0.25) is 11.8 Å². The SMILES string of the molecule is CCOc1ccccc1N(CC(=O)N(Cc1cccc(Cl)c1)C(C)C(=O)NC(C)CC)S(=O)(=O)c1ccccc1. The third kappa shape index (κ3) is 7.76. The van der Waals surface area contributed by atoms with Crippen LogP contribution in [0.1, 0.15) is 39.7 Å². The Morgan fingerprint density at radius 2 is 1.62 bits per heavy atom. The van der Waals surface area contributed by atoms with Crippen molar-refractivity contribution in [1.82, 2.24) is 10.2 Å². The first-order chi connectivity index (χ1) is 19.1. The number of carbonyl (C=O) groups excluding carboxylic acids is 2. The Labute approximate surface area is 241 Å². The largest absolute Gasteiger partial charge is 0.492 e. The van der Waals surface area contributed by atoms with Crippen LogP contribution in [0.5, 0.6) is 5.75 Å². The first kappa shape index (κ1) is 31.0. The van der Waals surface area contributed by atoms with Crippen LogP contribution in [0.4, 0.5) is 5.69 Å². The van der Waals surface area contributed by atoms with Gasteiger partial charge in [0.15, 0.2) is 0 Å². The number of anilines is 1. The third-order valence-corrected chi connectivity index (χ3v) is 8.46. The molecule has 0 fully saturated rings. The average Bonchev–Trinajstić information content (AvgIpc) is 2.95. The number of para-hydroxylation sites is 2. The highest BCUT2D eigenvalue weighted by molar-refractivity contribution is 7.92. The zero-order chi connectivity index (χ0) is 29.3. The van der Waals surface area contributed by atoms with Crippen LogP contribution < -0.4 is 14.4 Å². The van der Waals surface area contributed by atoms with Crippen molar-refractivity contribution in [2.24, 2.45) is 0 Å². The van der Waals surface area contributed by atoms with E-state index in [1.54, 1.807) is 80.6 Å². The number of nitrogens with zero attached hydrogens (tertiary/aromatic N) is 2. The predicted octanol–water partition coefficient (Wildman–Crippen LogP) is 5.27. The zero-order valence-corrected chi connectivity index (χ0v) is 24.8. The van der Waals surface area contributed by atoms with E-state index in [0.717, 1.165) is 10.7 Å². The molecule has 3 rings (SSSR count). The van der Waals surface area contributed by atoms with E-state index in [-0.39, 0.29) is 29.1 Å². The van der Waals surface area contributed by atoms with Crippen LogP contribution in [-0.2, 0) is 26.2 Å². The van der Waals surface area contributed by atoms with E-state index in [1.807, 2.05) is 13.8 Å².